The largest absolute Gasteiger partial charge is 0.480 e. The summed E-state index contributed by atoms with van der Waals surface area (Å²) in [6, 6.07) is 8.05. The van der Waals surface area contributed by atoms with Crippen LogP contribution in [0.2, 0.25) is 5.02 Å². The number of sulfonamides is 1. The van der Waals surface area contributed by atoms with E-state index in [0.717, 1.165) is 0 Å². The average Bonchev–Trinajstić information content (AvgIpc) is 2.78. The third-order valence-corrected chi connectivity index (χ3v) is 7.75. The number of benzene rings is 1. The van der Waals surface area contributed by atoms with Crippen molar-refractivity contribution in [2.75, 3.05) is 26.7 Å². The van der Waals surface area contributed by atoms with Crippen LogP contribution >= 0.6 is 11.6 Å². The molecular formula is C22H26ClN3O6S. The lowest BCUT2D eigenvalue weighted by atomic mass is 9.85. The lowest BCUT2D eigenvalue weighted by Crippen LogP contribution is -2.60. The van der Waals surface area contributed by atoms with Gasteiger partial charge in [-0.3, -0.25) is 4.79 Å². The summed E-state index contributed by atoms with van der Waals surface area (Å²) in [7, 11) is -2.49. The van der Waals surface area contributed by atoms with Gasteiger partial charge in [-0.2, -0.15) is 4.31 Å². The van der Waals surface area contributed by atoms with E-state index in [1.54, 1.807) is 0 Å². The van der Waals surface area contributed by atoms with Gasteiger partial charge in [-0.25, -0.2) is 18.2 Å². The molecule has 0 saturated carbocycles. The van der Waals surface area contributed by atoms with Crippen LogP contribution in [0.3, 0.4) is 0 Å². The maximum absolute atomic E-state index is 13.2. The number of hydrogen-bond acceptors (Lipinski definition) is 6. The van der Waals surface area contributed by atoms with Crippen molar-refractivity contribution in [3.63, 3.8) is 0 Å². The molecule has 1 saturated heterocycles. The number of pyridine rings is 1. The van der Waals surface area contributed by atoms with Crippen molar-refractivity contribution < 1.29 is 27.9 Å². The van der Waals surface area contributed by atoms with Crippen molar-refractivity contribution in [3.05, 3.63) is 52.7 Å². The number of carboxylic acid groups (broad SMARTS) is 1. The third kappa shape index (κ3) is 5.13. The van der Waals surface area contributed by atoms with Gasteiger partial charge in [0.05, 0.1) is 18.0 Å². The number of ketones is 1. The number of carbonyl (C=O) groups is 2. The Kier molecular flexibility index (Phi) is 7.01. The SMILES string of the molecule is COc1nc(C(=O)c2ccc(S(=O)(=O)N3CCN(C(=O)O)C(C(C)(C)C)C3)cc2)ccc1Cl. The molecule has 3 rings (SSSR count). The maximum Gasteiger partial charge on any atom is 0.407 e. The zero-order valence-electron chi connectivity index (χ0n) is 18.8. The van der Waals surface area contributed by atoms with Crippen LogP contribution in [0.4, 0.5) is 4.79 Å². The number of hydrogen-bond donors (Lipinski definition) is 1. The van der Waals surface area contributed by atoms with Gasteiger partial charge in [0.25, 0.3) is 0 Å². The Labute approximate surface area is 198 Å². The van der Waals surface area contributed by atoms with E-state index in [2.05, 4.69) is 4.98 Å². The van der Waals surface area contributed by atoms with Crippen LogP contribution in [-0.2, 0) is 10.0 Å². The Hall–Kier alpha value is -2.69. The summed E-state index contributed by atoms with van der Waals surface area (Å²) >= 11 is 5.95. The smallest absolute Gasteiger partial charge is 0.407 e. The molecule has 0 radical (unpaired) electrons. The monoisotopic (exact) mass is 495 g/mol. The molecule has 1 aromatic carbocycles. The molecule has 1 atom stereocenters. The maximum atomic E-state index is 13.2. The van der Waals surface area contributed by atoms with E-state index in [1.807, 2.05) is 20.8 Å². The van der Waals surface area contributed by atoms with E-state index in [-0.39, 0.29) is 46.7 Å². The molecule has 11 heteroatoms. The van der Waals surface area contributed by atoms with Crippen LogP contribution in [0.5, 0.6) is 5.88 Å². The number of halogens is 1. The molecule has 0 spiro atoms. The third-order valence-electron chi connectivity index (χ3n) is 5.58. The molecule has 0 aliphatic carbocycles. The number of amides is 1. The van der Waals surface area contributed by atoms with Crippen LogP contribution in [0, 0.1) is 5.41 Å². The second kappa shape index (κ2) is 9.28. The number of piperazine rings is 1. The number of rotatable bonds is 5. The van der Waals surface area contributed by atoms with Crippen molar-refractivity contribution in [1.82, 2.24) is 14.2 Å². The van der Waals surface area contributed by atoms with Gasteiger partial charge in [-0.05, 0) is 41.8 Å². The van der Waals surface area contributed by atoms with E-state index in [9.17, 15) is 23.1 Å². The van der Waals surface area contributed by atoms with E-state index in [4.69, 9.17) is 16.3 Å². The number of methoxy groups -OCH3 is 1. The van der Waals surface area contributed by atoms with Crippen molar-refractivity contribution in [1.29, 1.82) is 0 Å². The summed E-state index contributed by atoms with van der Waals surface area (Å²) in [5, 5.41) is 9.78. The van der Waals surface area contributed by atoms with E-state index in [0.29, 0.717) is 0 Å². The Morgan fingerprint density at radius 1 is 1.12 bits per heavy atom. The molecule has 1 fully saturated rings. The minimum atomic E-state index is -3.88. The fourth-order valence-electron chi connectivity index (χ4n) is 3.71. The number of aromatic nitrogens is 1. The van der Waals surface area contributed by atoms with Gasteiger partial charge in [0.2, 0.25) is 21.7 Å². The molecule has 1 unspecified atom stereocenters. The lowest BCUT2D eigenvalue weighted by molar-refractivity contribution is 0.0458. The molecule has 0 bridgehead atoms. The van der Waals surface area contributed by atoms with Gasteiger partial charge >= 0.3 is 6.09 Å². The lowest BCUT2D eigenvalue weighted by Gasteiger charge is -2.45. The van der Waals surface area contributed by atoms with Crippen molar-refractivity contribution in [3.8, 4) is 5.88 Å². The van der Waals surface area contributed by atoms with Crippen LogP contribution in [0.25, 0.3) is 0 Å². The highest BCUT2D eigenvalue weighted by Gasteiger charge is 2.41. The Bertz CT molecular complexity index is 1160. The highest BCUT2D eigenvalue weighted by molar-refractivity contribution is 7.89. The van der Waals surface area contributed by atoms with Gasteiger partial charge < -0.3 is 14.7 Å². The molecular weight excluding hydrogens is 470 g/mol. The topological polar surface area (TPSA) is 117 Å². The zero-order valence-corrected chi connectivity index (χ0v) is 20.4. The first-order chi connectivity index (χ1) is 15.4. The molecule has 1 aliphatic heterocycles. The quantitative estimate of drug-likeness (QED) is 0.632. The minimum Gasteiger partial charge on any atom is -0.480 e. The number of ether oxygens (including phenoxy) is 1. The summed E-state index contributed by atoms with van der Waals surface area (Å²) in [4.78, 5) is 29.8. The zero-order chi connectivity index (χ0) is 24.6. The molecule has 178 valence electrons. The van der Waals surface area contributed by atoms with Gasteiger partial charge in [-0.1, -0.05) is 32.4 Å². The molecule has 2 aromatic rings. The van der Waals surface area contributed by atoms with Gasteiger partial charge in [0.1, 0.15) is 10.7 Å². The van der Waals surface area contributed by atoms with Crippen LogP contribution in [-0.4, -0.2) is 72.4 Å². The second-order valence-electron chi connectivity index (χ2n) is 8.76. The molecule has 1 aromatic heterocycles. The summed E-state index contributed by atoms with van der Waals surface area (Å²) in [5.74, 6) is -0.285. The summed E-state index contributed by atoms with van der Waals surface area (Å²) < 4.78 is 32.8. The van der Waals surface area contributed by atoms with Crippen molar-refractivity contribution in [2.45, 2.75) is 31.7 Å². The van der Waals surface area contributed by atoms with Crippen molar-refractivity contribution in [2.24, 2.45) is 5.41 Å². The highest BCUT2D eigenvalue weighted by Crippen LogP contribution is 2.30. The van der Waals surface area contributed by atoms with Crippen LogP contribution in [0.1, 0.15) is 36.8 Å². The normalized spacial score (nSPS) is 17.6. The Balaban J connectivity index is 1.84. The van der Waals surface area contributed by atoms with E-state index >= 15 is 0 Å². The molecule has 33 heavy (non-hydrogen) atoms. The summed E-state index contributed by atoms with van der Waals surface area (Å²) in [6.07, 6.45) is -1.07. The fraction of sp³-hybridized carbons (Fsp3) is 0.409. The predicted molar refractivity (Wildman–Crippen MR) is 122 cm³/mol. The molecule has 1 amide bonds. The molecule has 9 nitrogen and oxygen atoms in total. The number of nitrogens with zero attached hydrogens (tertiary/aromatic N) is 3. The van der Waals surface area contributed by atoms with Crippen molar-refractivity contribution >= 4 is 33.5 Å². The first-order valence-corrected chi connectivity index (χ1v) is 12.0. The standard InChI is InChI=1S/C22H26ClN3O6S/c1-22(2,3)18-13-25(11-12-26(18)21(28)29)33(30,31)15-7-5-14(6-8-15)19(27)17-10-9-16(23)20(24-17)32-4/h5-10,18H,11-13H2,1-4H3,(H,28,29). The number of carbonyl (C=O) groups excluding carboxylic acids is 1. The van der Waals surface area contributed by atoms with Gasteiger partial charge in [-0.15, -0.1) is 0 Å². The Morgan fingerprint density at radius 2 is 1.76 bits per heavy atom. The van der Waals surface area contributed by atoms with Crippen LogP contribution in [0.15, 0.2) is 41.3 Å². The summed E-state index contributed by atoms with van der Waals surface area (Å²) in [5.41, 5.74) is -0.0751. The first-order valence-electron chi connectivity index (χ1n) is 10.2. The summed E-state index contributed by atoms with van der Waals surface area (Å²) in [6.45, 7) is 5.82. The minimum absolute atomic E-state index is 0.0251. The molecule has 1 N–H and O–H groups in total. The predicted octanol–water partition coefficient (Wildman–Crippen LogP) is 3.37. The Morgan fingerprint density at radius 3 is 2.30 bits per heavy atom. The fourth-order valence-corrected chi connectivity index (χ4v) is 5.33. The highest BCUT2D eigenvalue weighted by atomic mass is 35.5. The second-order valence-corrected chi connectivity index (χ2v) is 11.1. The first kappa shape index (κ1) is 24.9. The van der Waals surface area contributed by atoms with Gasteiger partial charge in [0, 0.05) is 25.2 Å². The van der Waals surface area contributed by atoms with Gasteiger partial charge in [0.15, 0.2) is 0 Å². The van der Waals surface area contributed by atoms with Crippen LogP contribution < -0.4 is 4.74 Å². The average molecular weight is 496 g/mol. The molecule has 1 aliphatic rings. The molecule has 2 heterocycles. The van der Waals surface area contributed by atoms with E-state index < -0.39 is 33.4 Å². The van der Waals surface area contributed by atoms with E-state index in [1.165, 1.54) is 52.7 Å².